The second-order valence-corrected chi connectivity index (χ2v) is 2.29. The quantitative estimate of drug-likeness (QED) is 0.302. The molecule has 13 heavy (non-hydrogen) atoms. The molecule has 0 radical (unpaired) electrons. The summed E-state index contributed by atoms with van der Waals surface area (Å²) in [6.45, 7) is -0.921. The van der Waals surface area contributed by atoms with Crippen LogP contribution in [0.3, 0.4) is 0 Å². The average Bonchev–Trinajstić information content (AvgIpc) is 2.32. The maximum Gasteiger partial charge on any atom is 1.00 e. The molecule has 1 unspecified atom stereocenters. The van der Waals surface area contributed by atoms with E-state index in [9.17, 15) is 9.90 Å². The minimum atomic E-state index is -1.53. The van der Waals surface area contributed by atoms with Crippen LogP contribution in [-0.2, 0) is 9.53 Å². The van der Waals surface area contributed by atoms with Crippen LogP contribution < -0.4 is 34.7 Å². The van der Waals surface area contributed by atoms with E-state index in [1.807, 2.05) is 0 Å². The van der Waals surface area contributed by atoms with Crippen molar-refractivity contribution >= 4 is 5.97 Å². The predicted octanol–water partition coefficient (Wildman–Crippen LogP) is -5.04. The maximum absolute atomic E-state index is 10.5. The van der Waals surface area contributed by atoms with Gasteiger partial charge in [0.05, 0.1) is 6.10 Å². The summed E-state index contributed by atoms with van der Waals surface area (Å²) >= 11 is 0. The molecule has 1 heterocycles. The van der Waals surface area contributed by atoms with Gasteiger partial charge in [0.2, 0.25) is 5.76 Å². The Balaban J connectivity index is 0.00000144. The van der Waals surface area contributed by atoms with Crippen LogP contribution in [0.1, 0.15) is 0 Å². The van der Waals surface area contributed by atoms with Crippen molar-refractivity contribution in [3.63, 3.8) is 0 Å². The van der Waals surface area contributed by atoms with Crippen molar-refractivity contribution in [1.82, 2.24) is 0 Å². The molecule has 2 atom stereocenters. The Labute approximate surface area is 95.7 Å². The van der Waals surface area contributed by atoms with Crippen molar-refractivity contribution in [2.45, 2.75) is 12.2 Å². The smallest absolute Gasteiger partial charge is 0.853 e. The first kappa shape index (κ1) is 12.7. The summed E-state index contributed by atoms with van der Waals surface area (Å²) in [5, 5.41) is 36.6. The molecule has 0 amide bonds. The summed E-state index contributed by atoms with van der Waals surface area (Å²) < 4.78 is 4.28. The molecule has 3 N–H and O–H groups in total. The largest absolute Gasteiger partial charge is 1.00 e. The van der Waals surface area contributed by atoms with E-state index in [1.54, 1.807) is 0 Å². The van der Waals surface area contributed by atoms with Crippen molar-refractivity contribution in [1.29, 1.82) is 0 Å². The summed E-state index contributed by atoms with van der Waals surface area (Å²) in [6, 6.07) is 0. The number of carbonyl (C=O) groups is 1. The molecule has 0 bridgehead atoms. The van der Waals surface area contributed by atoms with Gasteiger partial charge in [-0.3, -0.25) is 0 Å². The molecule has 0 aromatic heterocycles. The van der Waals surface area contributed by atoms with Gasteiger partial charge in [-0.05, 0) is 0 Å². The summed E-state index contributed by atoms with van der Waals surface area (Å²) in [4.78, 5) is 10.5. The molecule has 0 saturated carbocycles. The van der Waals surface area contributed by atoms with Crippen molar-refractivity contribution in [3.8, 4) is 0 Å². The fourth-order valence-corrected chi connectivity index (χ4v) is 0.814. The number of carbonyl (C=O) groups excluding carboxylic acids is 1. The predicted molar refractivity (Wildman–Crippen MR) is 33.0 cm³/mol. The fourth-order valence-electron chi connectivity index (χ4n) is 0.814. The van der Waals surface area contributed by atoms with Gasteiger partial charge in [0, 0.05) is 0 Å². The van der Waals surface area contributed by atoms with Crippen LogP contribution in [0.15, 0.2) is 11.5 Å². The number of rotatable bonds is 2. The number of hydrogen-bond donors (Lipinski definition) is 3. The van der Waals surface area contributed by atoms with E-state index in [-0.39, 0.29) is 29.6 Å². The van der Waals surface area contributed by atoms with Crippen LogP contribution in [-0.4, -0.2) is 40.1 Å². The van der Waals surface area contributed by atoms with E-state index in [1.165, 1.54) is 0 Å². The Hall–Kier alpha value is -0.270. The van der Waals surface area contributed by atoms with Gasteiger partial charge >= 0.3 is 35.5 Å². The number of aliphatic hydroxyl groups excluding tert-OH is 3. The monoisotopic (exact) mass is 198 g/mol. The van der Waals surface area contributed by atoms with Gasteiger partial charge in [0.1, 0.15) is 0 Å². The second kappa shape index (κ2) is 4.83. The van der Waals surface area contributed by atoms with Gasteiger partial charge in [-0.1, -0.05) is 0 Å². The molecular formula is C6H7NaO6. The third kappa shape index (κ3) is 2.35. The van der Waals surface area contributed by atoms with Gasteiger partial charge < -0.3 is 25.2 Å². The molecular weight excluding hydrogens is 191 g/mol. The molecule has 0 fully saturated rings. The molecule has 0 saturated heterocycles. The average molecular weight is 198 g/mol. The first-order valence-electron chi connectivity index (χ1n) is 3.17. The van der Waals surface area contributed by atoms with Crippen molar-refractivity contribution in [2.75, 3.05) is 6.61 Å². The fraction of sp³-hybridized carbons (Fsp3) is 0.500. The Bertz CT molecular complexity index is 237. The molecule has 0 spiro atoms. The maximum atomic E-state index is 10.5. The van der Waals surface area contributed by atoms with Crippen LogP contribution in [0.25, 0.3) is 0 Å². The Morgan fingerprint density at radius 2 is 2.08 bits per heavy atom. The van der Waals surface area contributed by atoms with E-state index in [2.05, 4.69) is 4.74 Å². The Morgan fingerprint density at radius 3 is 2.38 bits per heavy atom. The molecule has 1 aliphatic rings. The molecule has 1 rings (SSSR count). The summed E-state index contributed by atoms with van der Waals surface area (Å²) in [6.07, 6.45) is -2.95. The van der Waals surface area contributed by atoms with Crippen LogP contribution >= 0.6 is 0 Å². The summed E-state index contributed by atoms with van der Waals surface area (Å²) in [7, 11) is 0. The van der Waals surface area contributed by atoms with E-state index in [4.69, 9.17) is 15.3 Å². The molecule has 68 valence electrons. The second-order valence-electron chi connectivity index (χ2n) is 2.29. The first-order valence-corrected chi connectivity index (χ1v) is 3.17. The van der Waals surface area contributed by atoms with Crippen LogP contribution in [0.5, 0.6) is 0 Å². The number of ether oxygens (including phenoxy) is 1. The molecule has 7 heteroatoms. The molecule has 1 aliphatic heterocycles. The van der Waals surface area contributed by atoms with Gasteiger partial charge in [-0.15, -0.1) is 6.61 Å². The third-order valence-corrected chi connectivity index (χ3v) is 1.46. The normalized spacial score (nSPS) is 23.8. The van der Waals surface area contributed by atoms with Gasteiger partial charge in [-0.25, -0.2) is 4.79 Å². The van der Waals surface area contributed by atoms with Crippen molar-refractivity contribution in [2.24, 2.45) is 0 Å². The van der Waals surface area contributed by atoms with Gasteiger partial charge in [0.25, 0.3) is 0 Å². The van der Waals surface area contributed by atoms with E-state index < -0.39 is 36.3 Å². The minimum Gasteiger partial charge on any atom is -0.853 e. The number of esters is 1. The van der Waals surface area contributed by atoms with Gasteiger partial charge in [0.15, 0.2) is 11.9 Å². The zero-order valence-corrected chi connectivity index (χ0v) is 8.93. The van der Waals surface area contributed by atoms with Crippen molar-refractivity contribution in [3.05, 3.63) is 11.5 Å². The topological polar surface area (TPSA) is 110 Å². The molecule has 6 nitrogen and oxygen atoms in total. The van der Waals surface area contributed by atoms with Gasteiger partial charge in [-0.2, -0.15) is 0 Å². The van der Waals surface area contributed by atoms with Crippen molar-refractivity contribution < 1.29 is 59.5 Å². The third-order valence-electron chi connectivity index (χ3n) is 1.46. The zero-order valence-electron chi connectivity index (χ0n) is 6.93. The number of hydrogen-bond acceptors (Lipinski definition) is 6. The molecule has 0 aliphatic carbocycles. The summed E-state index contributed by atoms with van der Waals surface area (Å²) in [5.74, 6) is -2.87. The first-order chi connectivity index (χ1) is 5.57. The summed E-state index contributed by atoms with van der Waals surface area (Å²) in [5.41, 5.74) is 0. The molecule has 0 aromatic rings. The Kier molecular flexibility index (Phi) is 4.72. The SMILES string of the molecule is O=C1OC([C@H](O)C[O-])C(O)=C1O.[Na+]. The van der Waals surface area contributed by atoms with E-state index in [0.29, 0.717) is 0 Å². The molecule has 0 aromatic carbocycles. The standard InChI is InChI=1S/C6H7O6.Na/c7-1-2(8)5-3(9)4(10)6(11)12-5;/h2,5,8-10H,1H2;/q-1;+1/t2-,5?;/m1./s1. The van der Waals surface area contributed by atoms with E-state index in [0.717, 1.165) is 0 Å². The zero-order chi connectivity index (χ0) is 9.30. The van der Waals surface area contributed by atoms with Crippen LogP contribution in [0, 0.1) is 0 Å². The number of aliphatic hydroxyl groups is 3. The Morgan fingerprint density at radius 1 is 1.54 bits per heavy atom. The minimum absolute atomic E-state index is 0. The number of cyclic esters (lactones) is 1. The van der Waals surface area contributed by atoms with Crippen LogP contribution in [0.2, 0.25) is 0 Å². The van der Waals surface area contributed by atoms with Crippen LogP contribution in [0.4, 0.5) is 0 Å². The van der Waals surface area contributed by atoms with E-state index >= 15 is 0 Å².